The van der Waals surface area contributed by atoms with E-state index in [4.69, 9.17) is 4.98 Å². The van der Waals surface area contributed by atoms with Gasteiger partial charge in [0.25, 0.3) is 0 Å². The summed E-state index contributed by atoms with van der Waals surface area (Å²) in [4.78, 5) is 9.25. The Morgan fingerprint density at radius 1 is 1.19 bits per heavy atom. The molecule has 0 spiro atoms. The van der Waals surface area contributed by atoms with Crippen molar-refractivity contribution in [2.24, 2.45) is 0 Å². The van der Waals surface area contributed by atoms with Crippen LogP contribution in [-0.4, -0.2) is 9.97 Å². The topological polar surface area (TPSA) is 25.8 Å². The van der Waals surface area contributed by atoms with Gasteiger partial charge in [-0.2, -0.15) is 0 Å². The van der Waals surface area contributed by atoms with E-state index in [1.807, 2.05) is 0 Å². The van der Waals surface area contributed by atoms with Gasteiger partial charge in [0.1, 0.15) is 10.4 Å². The molecule has 1 fully saturated rings. The number of nitrogens with zero attached hydrogens (tertiary/aromatic N) is 2. The zero-order chi connectivity index (χ0) is 11.3. The molecule has 1 heterocycles. The number of aryl methyl sites for hydroxylation is 2. The molecule has 0 atom stereocenters. The fourth-order valence-corrected chi connectivity index (χ4v) is 2.57. The standard InChI is InChI=1S/C13H13BrN2/c1-7-5-8(2)11-10(6-7)12(14)16-13(15-11)9-3-4-9/h5-6,9H,3-4H2,1-2H3. The molecule has 0 N–H and O–H groups in total. The number of fused-ring (bicyclic) bond motifs is 1. The van der Waals surface area contributed by atoms with Gasteiger partial charge in [0, 0.05) is 11.3 Å². The van der Waals surface area contributed by atoms with Crippen LogP contribution in [0.3, 0.4) is 0 Å². The SMILES string of the molecule is Cc1cc(C)c2nc(C3CC3)nc(Br)c2c1. The molecule has 2 nitrogen and oxygen atoms in total. The molecule has 0 aliphatic heterocycles. The van der Waals surface area contributed by atoms with Crippen molar-refractivity contribution in [3.05, 3.63) is 33.7 Å². The van der Waals surface area contributed by atoms with Crippen LogP contribution >= 0.6 is 15.9 Å². The van der Waals surface area contributed by atoms with Crippen LogP contribution in [0.5, 0.6) is 0 Å². The molecule has 3 heteroatoms. The minimum Gasteiger partial charge on any atom is -0.232 e. The molecule has 82 valence electrons. The van der Waals surface area contributed by atoms with Gasteiger partial charge in [-0.25, -0.2) is 9.97 Å². The highest BCUT2D eigenvalue weighted by Gasteiger charge is 2.27. The van der Waals surface area contributed by atoms with Crippen LogP contribution in [0.2, 0.25) is 0 Å². The Labute approximate surface area is 103 Å². The van der Waals surface area contributed by atoms with E-state index >= 15 is 0 Å². The van der Waals surface area contributed by atoms with Gasteiger partial charge in [-0.1, -0.05) is 11.6 Å². The highest BCUT2D eigenvalue weighted by atomic mass is 79.9. The van der Waals surface area contributed by atoms with Gasteiger partial charge in [-0.15, -0.1) is 0 Å². The summed E-state index contributed by atoms with van der Waals surface area (Å²) < 4.78 is 0.936. The van der Waals surface area contributed by atoms with Crippen molar-refractivity contribution in [3.8, 4) is 0 Å². The summed E-state index contributed by atoms with van der Waals surface area (Å²) in [6.07, 6.45) is 2.48. The van der Waals surface area contributed by atoms with Crippen LogP contribution in [0, 0.1) is 13.8 Å². The van der Waals surface area contributed by atoms with E-state index in [9.17, 15) is 0 Å². The molecule has 3 rings (SSSR count). The third kappa shape index (κ3) is 1.63. The lowest BCUT2D eigenvalue weighted by molar-refractivity contribution is 0.936. The number of hydrogen-bond donors (Lipinski definition) is 0. The average Bonchev–Trinajstić information content (AvgIpc) is 3.02. The predicted octanol–water partition coefficient (Wildman–Crippen LogP) is 3.89. The maximum atomic E-state index is 4.70. The van der Waals surface area contributed by atoms with Crippen LogP contribution in [0.25, 0.3) is 10.9 Å². The highest BCUT2D eigenvalue weighted by molar-refractivity contribution is 9.10. The first-order valence-electron chi connectivity index (χ1n) is 5.59. The van der Waals surface area contributed by atoms with E-state index < -0.39 is 0 Å². The molecule has 1 aliphatic rings. The molecule has 0 saturated heterocycles. The van der Waals surface area contributed by atoms with Crippen molar-refractivity contribution in [1.82, 2.24) is 9.97 Å². The number of aromatic nitrogens is 2. The summed E-state index contributed by atoms with van der Waals surface area (Å²) in [6.45, 7) is 4.22. The molecule has 1 aromatic heterocycles. The number of rotatable bonds is 1. The van der Waals surface area contributed by atoms with Crippen LogP contribution in [0.15, 0.2) is 16.7 Å². The van der Waals surface area contributed by atoms with E-state index in [-0.39, 0.29) is 0 Å². The number of halogens is 1. The fourth-order valence-electron chi connectivity index (χ4n) is 2.09. The average molecular weight is 277 g/mol. The third-order valence-electron chi connectivity index (χ3n) is 3.05. The van der Waals surface area contributed by atoms with Crippen molar-refractivity contribution in [3.63, 3.8) is 0 Å². The lowest BCUT2D eigenvalue weighted by atomic mass is 10.1. The summed E-state index contributed by atoms with van der Waals surface area (Å²) in [5.41, 5.74) is 3.59. The Bertz CT molecular complexity index is 574. The highest BCUT2D eigenvalue weighted by Crippen LogP contribution is 2.39. The number of hydrogen-bond acceptors (Lipinski definition) is 2. The van der Waals surface area contributed by atoms with E-state index in [2.05, 4.69) is 46.9 Å². The van der Waals surface area contributed by atoms with E-state index in [0.29, 0.717) is 5.92 Å². The van der Waals surface area contributed by atoms with Crippen molar-refractivity contribution in [2.75, 3.05) is 0 Å². The van der Waals surface area contributed by atoms with Crippen molar-refractivity contribution < 1.29 is 0 Å². The first-order valence-corrected chi connectivity index (χ1v) is 6.39. The van der Waals surface area contributed by atoms with Gasteiger partial charge in [0.05, 0.1) is 5.52 Å². The van der Waals surface area contributed by atoms with Gasteiger partial charge in [-0.3, -0.25) is 0 Å². The second-order valence-corrected chi connectivity index (χ2v) is 5.38. The van der Waals surface area contributed by atoms with E-state index in [0.717, 1.165) is 21.3 Å². The van der Waals surface area contributed by atoms with E-state index in [1.54, 1.807) is 0 Å². The second kappa shape index (κ2) is 3.52. The Balaban J connectivity index is 2.32. The summed E-state index contributed by atoms with van der Waals surface area (Å²) >= 11 is 3.56. The third-order valence-corrected chi connectivity index (χ3v) is 3.65. The molecule has 0 unspecified atom stereocenters. The quantitative estimate of drug-likeness (QED) is 0.739. The zero-order valence-electron chi connectivity index (χ0n) is 9.42. The monoisotopic (exact) mass is 276 g/mol. The smallest absolute Gasteiger partial charge is 0.133 e. The minimum absolute atomic E-state index is 0.599. The Hall–Kier alpha value is -0.960. The van der Waals surface area contributed by atoms with Crippen molar-refractivity contribution in [2.45, 2.75) is 32.6 Å². The molecule has 2 aromatic rings. The first kappa shape index (κ1) is 10.2. The Morgan fingerprint density at radius 3 is 2.62 bits per heavy atom. The van der Waals surface area contributed by atoms with Gasteiger partial charge in [-0.05, 0) is 54.2 Å². The first-order chi connectivity index (χ1) is 7.65. The second-order valence-electron chi connectivity index (χ2n) is 4.62. The molecule has 16 heavy (non-hydrogen) atoms. The van der Waals surface area contributed by atoms with E-state index in [1.165, 1.54) is 24.0 Å². The fraction of sp³-hybridized carbons (Fsp3) is 0.385. The zero-order valence-corrected chi connectivity index (χ0v) is 11.0. The summed E-state index contributed by atoms with van der Waals surface area (Å²) in [6, 6.07) is 4.32. The lowest BCUT2D eigenvalue weighted by Crippen LogP contribution is -1.96. The van der Waals surface area contributed by atoms with Crippen LogP contribution < -0.4 is 0 Å². The molecule has 1 aliphatic carbocycles. The molecule has 0 bridgehead atoms. The van der Waals surface area contributed by atoms with Crippen molar-refractivity contribution in [1.29, 1.82) is 0 Å². The normalized spacial score (nSPS) is 15.7. The van der Waals surface area contributed by atoms with Crippen LogP contribution in [0.1, 0.15) is 35.7 Å². The van der Waals surface area contributed by atoms with Gasteiger partial charge < -0.3 is 0 Å². The molecular weight excluding hydrogens is 264 g/mol. The summed E-state index contributed by atoms with van der Waals surface area (Å²) in [7, 11) is 0. The summed E-state index contributed by atoms with van der Waals surface area (Å²) in [5, 5.41) is 1.13. The maximum absolute atomic E-state index is 4.70. The Kier molecular flexibility index (Phi) is 2.25. The minimum atomic E-state index is 0.599. The van der Waals surface area contributed by atoms with Gasteiger partial charge in [0.15, 0.2) is 0 Å². The van der Waals surface area contributed by atoms with Crippen LogP contribution in [0.4, 0.5) is 0 Å². The molecule has 1 saturated carbocycles. The maximum Gasteiger partial charge on any atom is 0.133 e. The molecule has 0 amide bonds. The lowest BCUT2D eigenvalue weighted by Gasteiger charge is -2.07. The number of benzene rings is 1. The van der Waals surface area contributed by atoms with Gasteiger partial charge >= 0.3 is 0 Å². The Morgan fingerprint density at radius 2 is 1.94 bits per heavy atom. The van der Waals surface area contributed by atoms with Crippen LogP contribution in [-0.2, 0) is 0 Å². The van der Waals surface area contributed by atoms with Crippen molar-refractivity contribution >= 4 is 26.8 Å². The van der Waals surface area contributed by atoms with Gasteiger partial charge in [0.2, 0.25) is 0 Å². The largest absolute Gasteiger partial charge is 0.232 e. The molecular formula is C13H13BrN2. The molecule has 0 radical (unpaired) electrons. The predicted molar refractivity (Wildman–Crippen MR) is 68.7 cm³/mol. The summed E-state index contributed by atoms with van der Waals surface area (Å²) in [5.74, 6) is 1.60. The molecule has 1 aromatic carbocycles.